The van der Waals surface area contributed by atoms with E-state index in [1.807, 2.05) is 29.7 Å². The van der Waals surface area contributed by atoms with Gasteiger partial charge in [0.2, 0.25) is 0 Å². The molecule has 0 saturated heterocycles. The van der Waals surface area contributed by atoms with E-state index < -0.39 is 11.9 Å². The van der Waals surface area contributed by atoms with Crippen LogP contribution in [-0.2, 0) is 0 Å². The second-order valence-electron chi connectivity index (χ2n) is 7.19. The van der Waals surface area contributed by atoms with Gasteiger partial charge in [-0.3, -0.25) is 4.57 Å². The van der Waals surface area contributed by atoms with E-state index >= 15 is 0 Å². The number of ether oxygens (including phenoxy) is 3. The largest absolute Gasteiger partial charge is 0.496 e. The Kier molecular flexibility index (Phi) is 5.96. The highest BCUT2D eigenvalue weighted by Gasteiger charge is 2.20. The van der Waals surface area contributed by atoms with Gasteiger partial charge in [-0.25, -0.2) is 14.4 Å². The van der Waals surface area contributed by atoms with Crippen molar-refractivity contribution in [3.8, 4) is 34.3 Å². The van der Waals surface area contributed by atoms with Crippen molar-refractivity contribution >= 4 is 11.0 Å². The number of aromatic nitrogens is 3. The van der Waals surface area contributed by atoms with Crippen LogP contribution >= 0.6 is 0 Å². The number of imidazole rings is 1. The highest BCUT2D eigenvalue weighted by atomic mass is 19.1. The number of benzene rings is 2. The number of nitrogens with zero attached hydrogens (tertiary/aromatic N) is 3. The van der Waals surface area contributed by atoms with Crippen LogP contribution in [0.2, 0.25) is 0 Å². The molecule has 166 valence electrons. The maximum absolute atomic E-state index is 13.8. The van der Waals surface area contributed by atoms with E-state index in [4.69, 9.17) is 19.2 Å². The average molecular weight is 437 g/mol. The van der Waals surface area contributed by atoms with Gasteiger partial charge in [-0.15, -0.1) is 0 Å². The first-order valence-electron chi connectivity index (χ1n) is 10.1. The van der Waals surface area contributed by atoms with Crippen LogP contribution in [0.1, 0.15) is 25.0 Å². The molecule has 0 spiro atoms. The van der Waals surface area contributed by atoms with Crippen LogP contribution in [0.5, 0.6) is 17.2 Å². The second-order valence-corrected chi connectivity index (χ2v) is 7.19. The first-order valence-corrected chi connectivity index (χ1v) is 10.1. The zero-order valence-electron chi connectivity index (χ0n) is 18.3. The summed E-state index contributed by atoms with van der Waals surface area (Å²) < 4.78 is 31.8. The summed E-state index contributed by atoms with van der Waals surface area (Å²) in [6.07, 6.45) is 1.43. The Morgan fingerprint density at radius 2 is 1.69 bits per heavy atom. The number of hydrogen-bond donors (Lipinski definition) is 1. The lowest BCUT2D eigenvalue weighted by Crippen LogP contribution is -2.05. The molecule has 2 heterocycles. The smallest absolute Gasteiger partial charge is 0.163 e. The van der Waals surface area contributed by atoms with Gasteiger partial charge in [0.15, 0.2) is 11.5 Å². The van der Waals surface area contributed by atoms with E-state index in [1.165, 1.54) is 19.2 Å². The van der Waals surface area contributed by atoms with Gasteiger partial charge in [0.05, 0.1) is 44.2 Å². The van der Waals surface area contributed by atoms with Crippen LogP contribution in [0.3, 0.4) is 0 Å². The summed E-state index contributed by atoms with van der Waals surface area (Å²) in [6.45, 7) is 1.88. The van der Waals surface area contributed by atoms with Crippen LogP contribution in [0.25, 0.3) is 28.1 Å². The number of aliphatic hydroxyl groups is 1. The molecule has 0 aliphatic rings. The van der Waals surface area contributed by atoms with Gasteiger partial charge in [-0.2, -0.15) is 0 Å². The van der Waals surface area contributed by atoms with Crippen LogP contribution in [-0.4, -0.2) is 41.0 Å². The number of fused-ring (bicyclic) bond motifs is 1. The number of halogens is 1. The first kappa shape index (κ1) is 21.6. The summed E-state index contributed by atoms with van der Waals surface area (Å²) in [6, 6.07) is 11.5. The third kappa shape index (κ3) is 3.73. The molecular formula is C24H24FN3O4. The zero-order valence-corrected chi connectivity index (χ0v) is 18.3. The Hall–Kier alpha value is -3.65. The number of methoxy groups -OCH3 is 3. The summed E-state index contributed by atoms with van der Waals surface area (Å²) in [5.74, 6) is 1.65. The topological polar surface area (TPSA) is 78.6 Å². The van der Waals surface area contributed by atoms with Crippen LogP contribution < -0.4 is 14.2 Å². The Labute approximate surface area is 185 Å². The quantitative estimate of drug-likeness (QED) is 0.452. The molecule has 7 nitrogen and oxygen atoms in total. The van der Waals surface area contributed by atoms with Crippen molar-refractivity contribution in [1.82, 2.24) is 14.5 Å². The van der Waals surface area contributed by atoms with Crippen molar-refractivity contribution in [3.63, 3.8) is 0 Å². The molecule has 4 rings (SSSR count). The lowest BCUT2D eigenvalue weighted by atomic mass is 9.99. The van der Waals surface area contributed by atoms with E-state index in [0.29, 0.717) is 51.8 Å². The van der Waals surface area contributed by atoms with Crippen molar-refractivity contribution in [3.05, 3.63) is 60.2 Å². The van der Waals surface area contributed by atoms with E-state index in [-0.39, 0.29) is 0 Å². The van der Waals surface area contributed by atoms with E-state index in [2.05, 4.69) is 4.98 Å². The van der Waals surface area contributed by atoms with Gasteiger partial charge in [-0.1, -0.05) is 13.0 Å². The number of pyridine rings is 1. The Morgan fingerprint density at radius 3 is 2.38 bits per heavy atom. The molecule has 2 aromatic heterocycles. The normalized spacial score (nSPS) is 12.1. The van der Waals surface area contributed by atoms with Crippen molar-refractivity contribution in [1.29, 1.82) is 0 Å². The lowest BCUT2D eigenvalue weighted by molar-refractivity contribution is 0.174. The standard InChI is InChI=1S/C24H24FN3O4/c1-5-19(29)15-8-9-23(27-24(15)16-7-6-14(25)10-20(16)30-2)28-13-26-17-11-21(31-3)22(32-4)12-18(17)28/h6-13,19,29H,5H2,1-4H3. The first-order chi connectivity index (χ1) is 15.5. The molecule has 1 unspecified atom stereocenters. The minimum absolute atomic E-state index is 0.334. The minimum atomic E-state index is -0.731. The predicted molar refractivity (Wildman–Crippen MR) is 119 cm³/mol. The predicted octanol–water partition coefficient (Wildman–Crippen LogP) is 4.70. The SMILES string of the molecule is CCC(O)c1ccc(-n2cnc3cc(OC)c(OC)cc32)nc1-c1ccc(F)cc1OC. The molecule has 0 radical (unpaired) electrons. The van der Waals surface area contributed by atoms with Crippen molar-refractivity contribution in [2.24, 2.45) is 0 Å². The lowest BCUT2D eigenvalue weighted by Gasteiger charge is -2.17. The highest BCUT2D eigenvalue weighted by molar-refractivity contribution is 5.82. The van der Waals surface area contributed by atoms with E-state index in [1.54, 1.807) is 32.7 Å². The third-order valence-corrected chi connectivity index (χ3v) is 5.38. The molecule has 0 amide bonds. The fourth-order valence-electron chi connectivity index (χ4n) is 3.68. The molecule has 0 saturated carbocycles. The molecule has 1 atom stereocenters. The summed E-state index contributed by atoms with van der Waals surface area (Å²) in [7, 11) is 4.62. The fourth-order valence-corrected chi connectivity index (χ4v) is 3.68. The molecule has 2 aromatic carbocycles. The average Bonchev–Trinajstić information content (AvgIpc) is 3.24. The Bertz CT molecular complexity index is 1270. The summed E-state index contributed by atoms with van der Waals surface area (Å²) in [5, 5.41) is 10.6. The van der Waals surface area contributed by atoms with Crippen molar-refractivity contribution < 1.29 is 23.7 Å². The van der Waals surface area contributed by atoms with Crippen LogP contribution in [0, 0.1) is 5.82 Å². The number of hydrogen-bond acceptors (Lipinski definition) is 6. The van der Waals surface area contributed by atoms with E-state index in [0.717, 1.165) is 5.52 Å². The molecule has 1 N–H and O–H groups in total. The Balaban J connectivity index is 1.93. The van der Waals surface area contributed by atoms with Gasteiger partial charge < -0.3 is 19.3 Å². The molecule has 0 aliphatic heterocycles. The molecule has 0 aliphatic carbocycles. The van der Waals surface area contributed by atoms with Crippen LogP contribution in [0.4, 0.5) is 4.39 Å². The summed E-state index contributed by atoms with van der Waals surface area (Å²) >= 11 is 0. The van der Waals surface area contributed by atoms with Crippen molar-refractivity contribution in [2.75, 3.05) is 21.3 Å². The van der Waals surface area contributed by atoms with Gasteiger partial charge >= 0.3 is 0 Å². The summed E-state index contributed by atoms with van der Waals surface area (Å²) in [4.78, 5) is 9.29. The van der Waals surface area contributed by atoms with Gasteiger partial charge in [0.25, 0.3) is 0 Å². The second kappa shape index (κ2) is 8.84. The third-order valence-electron chi connectivity index (χ3n) is 5.38. The molecule has 0 bridgehead atoms. The monoisotopic (exact) mass is 437 g/mol. The molecule has 0 fully saturated rings. The van der Waals surface area contributed by atoms with Gasteiger partial charge in [0, 0.05) is 29.3 Å². The van der Waals surface area contributed by atoms with Gasteiger partial charge in [0.1, 0.15) is 23.7 Å². The maximum Gasteiger partial charge on any atom is 0.163 e. The summed E-state index contributed by atoms with van der Waals surface area (Å²) in [5.41, 5.74) is 3.21. The van der Waals surface area contributed by atoms with Gasteiger partial charge in [-0.05, 0) is 24.6 Å². The zero-order chi connectivity index (χ0) is 22.8. The van der Waals surface area contributed by atoms with Crippen LogP contribution in [0.15, 0.2) is 48.8 Å². The maximum atomic E-state index is 13.8. The molecule has 32 heavy (non-hydrogen) atoms. The molecular weight excluding hydrogens is 413 g/mol. The van der Waals surface area contributed by atoms with Crippen molar-refractivity contribution in [2.45, 2.75) is 19.4 Å². The minimum Gasteiger partial charge on any atom is -0.496 e. The number of rotatable bonds is 7. The van der Waals surface area contributed by atoms with E-state index in [9.17, 15) is 9.50 Å². The molecule has 4 aromatic rings. The number of aliphatic hydroxyl groups excluding tert-OH is 1. The Morgan fingerprint density at radius 1 is 0.969 bits per heavy atom. The fraction of sp³-hybridized carbons (Fsp3) is 0.250. The highest BCUT2D eigenvalue weighted by Crippen LogP contribution is 2.37. The molecule has 8 heteroatoms.